The Morgan fingerprint density at radius 3 is 2.40 bits per heavy atom. The summed E-state index contributed by atoms with van der Waals surface area (Å²) in [7, 11) is 0. The third-order valence-corrected chi connectivity index (χ3v) is 3.41. The van der Waals surface area contributed by atoms with Crippen molar-refractivity contribution in [3.8, 4) is 5.75 Å². The number of carbonyl (C=O) groups is 1. The molecular weight excluding hydrogens is 273 g/mol. The van der Waals surface area contributed by atoms with E-state index in [1.54, 1.807) is 4.90 Å². The molecule has 20 heavy (non-hydrogen) atoms. The van der Waals surface area contributed by atoms with E-state index >= 15 is 0 Å². The molecule has 1 saturated heterocycles. The number of amides is 1. The van der Waals surface area contributed by atoms with Crippen LogP contribution in [0, 0.1) is 0 Å². The summed E-state index contributed by atoms with van der Waals surface area (Å²) in [5.41, 5.74) is 6.16. The lowest BCUT2D eigenvalue weighted by Gasteiger charge is -2.23. The maximum absolute atomic E-state index is 12.2. The fourth-order valence-corrected chi connectivity index (χ4v) is 2.22. The zero-order chi connectivity index (χ0) is 14.9. The fourth-order valence-electron chi connectivity index (χ4n) is 2.22. The van der Waals surface area contributed by atoms with Crippen molar-refractivity contribution in [3.05, 3.63) is 29.8 Å². The number of hydrogen-bond acceptors (Lipinski definition) is 3. The summed E-state index contributed by atoms with van der Waals surface area (Å²) in [6, 6.07) is 4.75. The number of nitrogens with zero attached hydrogens (tertiary/aromatic N) is 1. The molecule has 1 aliphatic heterocycles. The Kier molecular flexibility index (Phi) is 3.89. The SMILES string of the molecule is CC1C(N)CCN1C(=O)c1ccc(OC(F)(F)F)cc1. The maximum atomic E-state index is 12.2. The molecule has 0 saturated carbocycles. The van der Waals surface area contributed by atoms with Gasteiger partial charge in [0.15, 0.2) is 0 Å². The molecule has 1 amide bonds. The number of carbonyl (C=O) groups excluding carboxylic acids is 1. The molecule has 1 aromatic carbocycles. The predicted octanol–water partition coefficient (Wildman–Crippen LogP) is 2.15. The lowest BCUT2D eigenvalue weighted by molar-refractivity contribution is -0.274. The van der Waals surface area contributed by atoms with E-state index in [4.69, 9.17) is 5.73 Å². The zero-order valence-electron chi connectivity index (χ0n) is 10.9. The predicted molar refractivity (Wildman–Crippen MR) is 66.2 cm³/mol. The van der Waals surface area contributed by atoms with Crippen molar-refractivity contribution in [2.45, 2.75) is 31.8 Å². The number of ether oxygens (including phenoxy) is 1. The molecule has 2 unspecified atom stereocenters. The van der Waals surface area contributed by atoms with Gasteiger partial charge in [-0.25, -0.2) is 0 Å². The number of likely N-dealkylation sites (tertiary alicyclic amines) is 1. The number of alkyl halides is 3. The van der Waals surface area contributed by atoms with Crippen molar-refractivity contribution in [2.24, 2.45) is 5.73 Å². The Morgan fingerprint density at radius 2 is 1.95 bits per heavy atom. The van der Waals surface area contributed by atoms with Gasteiger partial charge in [0, 0.05) is 24.2 Å². The van der Waals surface area contributed by atoms with Crippen LogP contribution in [0.1, 0.15) is 23.7 Å². The summed E-state index contributed by atoms with van der Waals surface area (Å²) in [5, 5.41) is 0. The number of halogens is 3. The van der Waals surface area contributed by atoms with Gasteiger partial charge in [-0.3, -0.25) is 4.79 Å². The van der Waals surface area contributed by atoms with Gasteiger partial charge in [-0.1, -0.05) is 0 Å². The van der Waals surface area contributed by atoms with E-state index in [1.807, 2.05) is 6.92 Å². The number of hydrogen-bond donors (Lipinski definition) is 1. The van der Waals surface area contributed by atoms with E-state index in [-0.39, 0.29) is 23.7 Å². The quantitative estimate of drug-likeness (QED) is 0.907. The average molecular weight is 288 g/mol. The summed E-state index contributed by atoms with van der Waals surface area (Å²) in [6.07, 6.45) is -4.01. The summed E-state index contributed by atoms with van der Waals surface area (Å²) in [6.45, 7) is 2.42. The van der Waals surface area contributed by atoms with Crippen molar-refractivity contribution in [2.75, 3.05) is 6.54 Å². The summed E-state index contributed by atoms with van der Waals surface area (Å²) < 4.78 is 39.8. The van der Waals surface area contributed by atoms with Crippen molar-refractivity contribution < 1.29 is 22.7 Å². The largest absolute Gasteiger partial charge is 0.573 e. The van der Waals surface area contributed by atoms with Gasteiger partial charge >= 0.3 is 6.36 Å². The van der Waals surface area contributed by atoms with Crippen LogP contribution in [0.4, 0.5) is 13.2 Å². The van der Waals surface area contributed by atoms with Gasteiger partial charge < -0.3 is 15.4 Å². The number of nitrogens with two attached hydrogens (primary N) is 1. The van der Waals surface area contributed by atoms with Gasteiger partial charge in [-0.05, 0) is 37.6 Å². The molecule has 1 fully saturated rings. The van der Waals surface area contributed by atoms with Gasteiger partial charge in [-0.15, -0.1) is 13.2 Å². The first-order valence-corrected chi connectivity index (χ1v) is 6.20. The number of benzene rings is 1. The van der Waals surface area contributed by atoms with Crippen LogP contribution in [0.3, 0.4) is 0 Å². The second kappa shape index (κ2) is 5.32. The van der Waals surface area contributed by atoms with Crippen molar-refractivity contribution >= 4 is 5.91 Å². The molecule has 0 spiro atoms. The lowest BCUT2D eigenvalue weighted by Crippen LogP contribution is -2.40. The van der Waals surface area contributed by atoms with E-state index in [1.165, 1.54) is 12.1 Å². The molecule has 4 nitrogen and oxygen atoms in total. The second-order valence-electron chi connectivity index (χ2n) is 4.76. The third kappa shape index (κ3) is 3.22. The van der Waals surface area contributed by atoms with Crippen LogP contribution in [0.2, 0.25) is 0 Å². The van der Waals surface area contributed by atoms with Crippen molar-refractivity contribution in [1.29, 1.82) is 0 Å². The van der Waals surface area contributed by atoms with Crippen LogP contribution >= 0.6 is 0 Å². The maximum Gasteiger partial charge on any atom is 0.573 e. The molecule has 2 atom stereocenters. The third-order valence-electron chi connectivity index (χ3n) is 3.41. The summed E-state index contributed by atoms with van der Waals surface area (Å²) >= 11 is 0. The Labute approximate surface area is 114 Å². The highest BCUT2D eigenvalue weighted by atomic mass is 19.4. The Hall–Kier alpha value is -1.76. The topological polar surface area (TPSA) is 55.6 Å². The lowest BCUT2D eigenvalue weighted by atomic mass is 10.1. The van der Waals surface area contributed by atoms with Crippen LogP contribution < -0.4 is 10.5 Å². The minimum absolute atomic E-state index is 0.0632. The molecule has 0 aliphatic carbocycles. The normalized spacial score (nSPS) is 22.9. The van der Waals surface area contributed by atoms with E-state index in [2.05, 4.69) is 4.74 Å². The molecule has 1 heterocycles. The average Bonchev–Trinajstić information content (AvgIpc) is 2.68. The van der Waals surface area contributed by atoms with Gasteiger partial charge in [0.25, 0.3) is 5.91 Å². The molecule has 7 heteroatoms. The standard InChI is InChI=1S/C13H15F3N2O2/c1-8-11(17)6-7-18(8)12(19)9-2-4-10(5-3-9)20-13(14,15)16/h2-5,8,11H,6-7,17H2,1H3. The van der Waals surface area contributed by atoms with E-state index in [9.17, 15) is 18.0 Å². The molecule has 0 aromatic heterocycles. The van der Waals surface area contributed by atoms with Crippen molar-refractivity contribution in [1.82, 2.24) is 4.90 Å². The van der Waals surface area contributed by atoms with Gasteiger partial charge in [0.05, 0.1) is 0 Å². The summed E-state index contributed by atoms with van der Waals surface area (Å²) in [4.78, 5) is 13.8. The first kappa shape index (κ1) is 14.6. The van der Waals surface area contributed by atoms with Crippen LogP contribution in [0.15, 0.2) is 24.3 Å². The first-order valence-electron chi connectivity index (χ1n) is 6.20. The molecule has 2 N–H and O–H groups in total. The van der Waals surface area contributed by atoms with Gasteiger partial charge in [-0.2, -0.15) is 0 Å². The second-order valence-corrected chi connectivity index (χ2v) is 4.76. The monoisotopic (exact) mass is 288 g/mol. The molecule has 110 valence electrons. The highest BCUT2D eigenvalue weighted by Gasteiger charge is 2.33. The molecule has 0 radical (unpaired) electrons. The molecular formula is C13H15F3N2O2. The van der Waals surface area contributed by atoms with Crippen LogP contribution in [-0.2, 0) is 0 Å². The van der Waals surface area contributed by atoms with Gasteiger partial charge in [0.1, 0.15) is 5.75 Å². The first-order chi connectivity index (χ1) is 9.28. The van der Waals surface area contributed by atoms with Crippen molar-refractivity contribution in [3.63, 3.8) is 0 Å². The zero-order valence-corrected chi connectivity index (χ0v) is 10.9. The Morgan fingerprint density at radius 1 is 1.35 bits per heavy atom. The minimum Gasteiger partial charge on any atom is -0.406 e. The van der Waals surface area contributed by atoms with Crippen LogP contribution in [0.5, 0.6) is 5.75 Å². The Balaban J connectivity index is 2.08. The van der Waals surface area contributed by atoms with Crippen LogP contribution in [0.25, 0.3) is 0 Å². The Bertz CT molecular complexity index is 487. The van der Waals surface area contributed by atoms with E-state index in [0.29, 0.717) is 12.1 Å². The highest BCUT2D eigenvalue weighted by molar-refractivity contribution is 5.94. The van der Waals surface area contributed by atoms with Gasteiger partial charge in [0.2, 0.25) is 0 Å². The molecule has 1 aromatic rings. The molecule has 2 rings (SSSR count). The molecule has 0 bridgehead atoms. The summed E-state index contributed by atoms with van der Waals surface area (Å²) in [5.74, 6) is -0.579. The van der Waals surface area contributed by atoms with Crippen LogP contribution in [-0.4, -0.2) is 35.8 Å². The van der Waals surface area contributed by atoms with E-state index < -0.39 is 6.36 Å². The molecule has 1 aliphatic rings. The smallest absolute Gasteiger partial charge is 0.406 e. The number of rotatable bonds is 2. The minimum atomic E-state index is -4.73. The highest BCUT2D eigenvalue weighted by Crippen LogP contribution is 2.24. The van der Waals surface area contributed by atoms with E-state index in [0.717, 1.165) is 18.6 Å². The fraction of sp³-hybridized carbons (Fsp3) is 0.462.